The van der Waals surface area contributed by atoms with Gasteiger partial charge in [0.1, 0.15) is 0 Å². The molecule has 0 heterocycles. The van der Waals surface area contributed by atoms with Gasteiger partial charge in [-0.05, 0) is 25.2 Å². The summed E-state index contributed by atoms with van der Waals surface area (Å²) >= 11 is 0. The first-order chi connectivity index (χ1) is 5.56. The molecule has 0 aromatic heterocycles. The highest BCUT2D eigenvalue weighted by Crippen LogP contribution is 2.10. The molecule has 1 N–H and O–H groups in total. The summed E-state index contributed by atoms with van der Waals surface area (Å²) in [4.78, 5) is 0. The predicted octanol–water partition coefficient (Wildman–Crippen LogP) is 3.00. The number of hydrogen-bond acceptors (Lipinski definition) is 1. The van der Waals surface area contributed by atoms with Crippen molar-refractivity contribution in [2.24, 2.45) is 11.8 Å². The van der Waals surface area contributed by atoms with Gasteiger partial charge in [0, 0.05) is 0 Å². The van der Waals surface area contributed by atoms with E-state index in [9.17, 15) is 0 Å². The van der Waals surface area contributed by atoms with Gasteiger partial charge in [0.05, 0.1) is 6.10 Å². The van der Waals surface area contributed by atoms with E-state index in [1.807, 2.05) is 6.92 Å². The summed E-state index contributed by atoms with van der Waals surface area (Å²) in [5.74, 6) is 1.17. The van der Waals surface area contributed by atoms with Crippen LogP contribution in [0.25, 0.3) is 0 Å². The van der Waals surface area contributed by atoms with Crippen molar-refractivity contribution in [2.45, 2.75) is 46.6 Å². The second-order valence-electron chi connectivity index (χ2n) is 3.83. The Labute approximate surface area is 76.5 Å². The van der Waals surface area contributed by atoms with Crippen LogP contribution in [0, 0.1) is 11.8 Å². The predicted molar refractivity (Wildman–Crippen MR) is 54.1 cm³/mol. The standard InChI is InChI=1S/C11H22O/c1-5-9(2)6-7-10(3)8-11(4)12/h6-7,9-12H,5,8H2,1-4H3. The Bertz CT molecular complexity index is 127. The Balaban J connectivity index is 3.67. The molecule has 72 valence electrons. The molecule has 0 aromatic rings. The lowest BCUT2D eigenvalue weighted by Crippen LogP contribution is -2.05. The molecule has 0 saturated carbocycles. The number of hydrogen-bond donors (Lipinski definition) is 1. The Morgan fingerprint density at radius 2 is 1.58 bits per heavy atom. The van der Waals surface area contributed by atoms with Crippen molar-refractivity contribution >= 4 is 0 Å². The second-order valence-corrected chi connectivity index (χ2v) is 3.83. The summed E-state index contributed by atoms with van der Waals surface area (Å²) in [6.45, 7) is 8.39. The summed E-state index contributed by atoms with van der Waals surface area (Å²) in [6, 6.07) is 0. The molecule has 0 aliphatic carbocycles. The smallest absolute Gasteiger partial charge is 0.0517 e. The van der Waals surface area contributed by atoms with E-state index < -0.39 is 0 Å². The minimum absolute atomic E-state index is 0.179. The summed E-state index contributed by atoms with van der Waals surface area (Å²) < 4.78 is 0. The number of allylic oxidation sites excluding steroid dienone is 2. The number of aliphatic hydroxyl groups is 1. The number of aliphatic hydroxyl groups excluding tert-OH is 1. The summed E-state index contributed by atoms with van der Waals surface area (Å²) in [5, 5.41) is 9.11. The molecule has 1 heteroatoms. The molecular weight excluding hydrogens is 148 g/mol. The fraction of sp³-hybridized carbons (Fsp3) is 0.818. The van der Waals surface area contributed by atoms with Gasteiger partial charge >= 0.3 is 0 Å². The minimum atomic E-state index is -0.179. The van der Waals surface area contributed by atoms with Crippen molar-refractivity contribution in [3.8, 4) is 0 Å². The molecule has 3 atom stereocenters. The summed E-state index contributed by atoms with van der Waals surface area (Å²) in [5.41, 5.74) is 0. The molecule has 12 heavy (non-hydrogen) atoms. The van der Waals surface area contributed by atoms with Crippen molar-refractivity contribution in [3.05, 3.63) is 12.2 Å². The maximum Gasteiger partial charge on any atom is 0.0517 e. The summed E-state index contributed by atoms with van der Waals surface area (Å²) in [7, 11) is 0. The first kappa shape index (κ1) is 11.7. The van der Waals surface area contributed by atoms with Gasteiger partial charge in [-0.1, -0.05) is 39.3 Å². The molecule has 0 rings (SSSR count). The van der Waals surface area contributed by atoms with Gasteiger partial charge in [0.2, 0.25) is 0 Å². The van der Waals surface area contributed by atoms with Gasteiger partial charge in [-0.3, -0.25) is 0 Å². The van der Waals surface area contributed by atoms with Crippen LogP contribution in [0.3, 0.4) is 0 Å². The van der Waals surface area contributed by atoms with Gasteiger partial charge in [-0.2, -0.15) is 0 Å². The summed E-state index contributed by atoms with van der Waals surface area (Å²) in [6.07, 6.45) is 6.33. The highest BCUT2D eigenvalue weighted by atomic mass is 16.3. The van der Waals surface area contributed by atoms with Crippen molar-refractivity contribution in [1.82, 2.24) is 0 Å². The van der Waals surface area contributed by atoms with Crippen LogP contribution in [0.15, 0.2) is 12.2 Å². The molecule has 0 radical (unpaired) electrons. The Morgan fingerprint density at radius 3 is 2.00 bits per heavy atom. The zero-order valence-corrected chi connectivity index (χ0v) is 8.75. The Hall–Kier alpha value is -0.300. The largest absolute Gasteiger partial charge is 0.393 e. The van der Waals surface area contributed by atoms with E-state index in [1.54, 1.807) is 0 Å². The highest BCUT2D eigenvalue weighted by Gasteiger charge is 2.02. The fourth-order valence-electron chi connectivity index (χ4n) is 1.13. The quantitative estimate of drug-likeness (QED) is 0.629. The lowest BCUT2D eigenvalue weighted by Gasteiger charge is -2.09. The van der Waals surface area contributed by atoms with Gasteiger partial charge in [-0.25, -0.2) is 0 Å². The van der Waals surface area contributed by atoms with Crippen molar-refractivity contribution < 1.29 is 5.11 Å². The van der Waals surface area contributed by atoms with E-state index in [4.69, 9.17) is 5.11 Å². The zero-order chi connectivity index (χ0) is 9.56. The average molecular weight is 170 g/mol. The number of rotatable bonds is 5. The third-order valence-corrected chi connectivity index (χ3v) is 2.13. The van der Waals surface area contributed by atoms with E-state index >= 15 is 0 Å². The molecule has 0 aliphatic rings. The van der Waals surface area contributed by atoms with Crippen LogP contribution < -0.4 is 0 Å². The molecule has 0 fully saturated rings. The van der Waals surface area contributed by atoms with Gasteiger partial charge in [-0.15, -0.1) is 0 Å². The third-order valence-electron chi connectivity index (χ3n) is 2.13. The van der Waals surface area contributed by atoms with E-state index in [0.717, 1.165) is 6.42 Å². The first-order valence-electron chi connectivity index (χ1n) is 4.92. The molecule has 0 aromatic carbocycles. The average Bonchev–Trinajstić information content (AvgIpc) is 1.99. The molecule has 3 unspecified atom stereocenters. The van der Waals surface area contributed by atoms with Crippen LogP contribution >= 0.6 is 0 Å². The Kier molecular flexibility index (Phi) is 6.09. The molecule has 0 bridgehead atoms. The Morgan fingerprint density at radius 1 is 1.08 bits per heavy atom. The molecule has 1 nitrogen and oxygen atoms in total. The van der Waals surface area contributed by atoms with Crippen LogP contribution in [0.4, 0.5) is 0 Å². The normalized spacial score (nSPS) is 19.4. The molecule has 0 saturated heterocycles. The monoisotopic (exact) mass is 170 g/mol. The van der Waals surface area contributed by atoms with Gasteiger partial charge in [0.25, 0.3) is 0 Å². The fourth-order valence-corrected chi connectivity index (χ4v) is 1.13. The third kappa shape index (κ3) is 6.41. The molecule has 0 aliphatic heterocycles. The highest BCUT2D eigenvalue weighted by molar-refractivity contribution is 4.90. The lowest BCUT2D eigenvalue weighted by atomic mass is 10.0. The molecule has 0 amide bonds. The SMILES string of the molecule is CCC(C)C=CC(C)CC(C)O. The van der Waals surface area contributed by atoms with Crippen LogP contribution in [0.1, 0.15) is 40.5 Å². The lowest BCUT2D eigenvalue weighted by molar-refractivity contribution is 0.172. The molecule has 0 spiro atoms. The van der Waals surface area contributed by atoms with Crippen LogP contribution in [-0.2, 0) is 0 Å². The van der Waals surface area contributed by atoms with Crippen molar-refractivity contribution in [1.29, 1.82) is 0 Å². The first-order valence-corrected chi connectivity index (χ1v) is 4.92. The molecular formula is C11H22O. The van der Waals surface area contributed by atoms with Crippen molar-refractivity contribution in [3.63, 3.8) is 0 Å². The van der Waals surface area contributed by atoms with Gasteiger partial charge < -0.3 is 5.11 Å². The maximum absolute atomic E-state index is 9.11. The van der Waals surface area contributed by atoms with Crippen molar-refractivity contribution in [2.75, 3.05) is 0 Å². The van der Waals surface area contributed by atoms with Crippen LogP contribution in [-0.4, -0.2) is 11.2 Å². The van der Waals surface area contributed by atoms with E-state index in [1.165, 1.54) is 6.42 Å². The topological polar surface area (TPSA) is 20.2 Å². The minimum Gasteiger partial charge on any atom is -0.393 e. The van der Waals surface area contributed by atoms with Crippen LogP contribution in [0.5, 0.6) is 0 Å². The second kappa shape index (κ2) is 6.24. The van der Waals surface area contributed by atoms with Gasteiger partial charge in [0.15, 0.2) is 0 Å². The van der Waals surface area contributed by atoms with E-state index in [-0.39, 0.29) is 6.10 Å². The maximum atomic E-state index is 9.11. The zero-order valence-electron chi connectivity index (χ0n) is 8.75. The van der Waals surface area contributed by atoms with E-state index in [0.29, 0.717) is 11.8 Å². The van der Waals surface area contributed by atoms with Crippen LogP contribution in [0.2, 0.25) is 0 Å². The van der Waals surface area contributed by atoms with E-state index in [2.05, 4.69) is 32.9 Å².